The van der Waals surface area contributed by atoms with Crippen molar-refractivity contribution in [3.05, 3.63) is 27.7 Å². The summed E-state index contributed by atoms with van der Waals surface area (Å²) in [5, 5.41) is 16.1. The molecule has 184 valence electrons. The number of benzene rings is 1. The van der Waals surface area contributed by atoms with E-state index in [1.807, 2.05) is 0 Å². The van der Waals surface area contributed by atoms with Gasteiger partial charge >= 0.3 is 0 Å². The Balaban J connectivity index is 2.25. The number of hydrogen-bond acceptors (Lipinski definition) is 7. The first kappa shape index (κ1) is 27.1. The van der Waals surface area contributed by atoms with Crippen LogP contribution in [0.1, 0.15) is 43.5 Å². The zero-order valence-electron chi connectivity index (χ0n) is 18.6. The van der Waals surface area contributed by atoms with E-state index in [0.717, 1.165) is 10.0 Å². The number of amides is 4. The molecule has 3 atom stereocenters. The molecule has 34 heavy (non-hydrogen) atoms. The summed E-state index contributed by atoms with van der Waals surface area (Å²) in [7, 11) is 1.31. The predicted octanol–water partition coefficient (Wildman–Crippen LogP) is 0.845. The minimum absolute atomic E-state index is 0.0278. The molecule has 0 radical (unpaired) electrons. The van der Waals surface area contributed by atoms with E-state index >= 15 is 0 Å². The van der Waals surface area contributed by atoms with Crippen molar-refractivity contribution in [3.63, 3.8) is 0 Å². The normalized spacial score (nSPS) is 18.1. The number of carbonyl (C=O) groups is 6. The molecule has 13 heteroatoms. The van der Waals surface area contributed by atoms with Gasteiger partial charge in [0.15, 0.2) is 5.75 Å². The summed E-state index contributed by atoms with van der Waals surface area (Å²) in [6.45, 7) is 2.61. The van der Waals surface area contributed by atoms with Gasteiger partial charge in [-0.1, -0.05) is 23.2 Å². The van der Waals surface area contributed by atoms with Gasteiger partial charge in [0, 0.05) is 25.5 Å². The van der Waals surface area contributed by atoms with E-state index in [2.05, 4.69) is 10.6 Å². The van der Waals surface area contributed by atoms with Crippen LogP contribution in [-0.2, 0) is 24.0 Å². The third-order valence-corrected chi connectivity index (χ3v) is 5.76. The number of phenolic OH excluding ortho intramolecular Hbond substituents is 1. The Morgan fingerprint density at radius 2 is 1.82 bits per heavy atom. The number of aromatic hydroxyl groups is 1. The maximum absolute atomic E-state index is 13.3. The van der Waals surface area contributed by atoms with E-state index in [4.69, 9.17) is 23.2 Å². The second kappa shape index (κ2) is 11.3. The Morgan fingerprint density at radius 1 is 1.24 bits per heavy atom. The lowest BCUT2D eigenvalue weighted by molar-refractivity contribution is -0.166. The Kier molecular flexibility index (Phi) is 9.00. The first-order valence-electron chi connectivity index (χ1n) is 10.2. The minimum Gasteiger partial charge on any atom is -0.505 e. The molecule has 1 saturated heterocycles. The van der Waals surface area contributed by atoms with Crippen LogP contribution in [0.25, 0.3) is 0 Å². The second-order valence-corrected chi connectivity index (χ2v) is 8.60. The zero-order valence-corrected chi connectivity index (χ0v) is 20.1. The molecule has 3 unspecified atom stereocenters. The summed E-state index contributed by atoms with van der Waals surface area (Å²) >= 11 is 11.7. The molecule has 1 aromatic carbocycles. The summed E-state index contributed by atoms with van der Waals surface area (Å²) < 4.78 is 0. The van der Waals surface area contributed by atoms with Crippen molar-refractivity contribution < 1.29 is 33.9 Å². The van der Waals surface area contributed by atoms with E-state index < -0.39 is 47.5 Å². The first-order valence-corrected chi connectivity index (χ1v) is 11.0. The minimum atomic E-state index is -1.24. The lowest BCUT2D eigenvalue weighted by Gasteiger charge is -2.36. The number of halogens is 2. The van der Waals surface area contributed by atoms with Crippen LogP contribution in [0.15, 0.2) is 12.1 Å². The number of hydrazine groups is 1. The molecule has 0 aliphatic carbocycles. The SMILES string of the molecule is CC(=O)CC(C=O)NC(=O)C(C)N1C(=O)C(NC(=O)c2cc(Cl)c(O)c(Cl)c2)CCC(=O)N1C. The molecule has 0 spiro atoms. The van der Waals surface area contributed by atoms with Crippen molar-refractivity contribution in [1.29, 1.82) is 0 Å². The smallest absolute Gasteiger partial charge is 0.264 e. The predicted molar refractivity (Wildman–Crippen MR) is 121 cm³/mol. The average molecular weight is 515 g/mol. The van der Waals surface area contributed by atoms with Crippen LogP contribution in [0, 0.1) is 0 Å². The van der Waals surface area contributed by atoms with Crippen molar-refractivity contribution in [2.75, 3.05) is 7.05 Å². The molecule has 1 aromatic rings. The monoisotopic (exact) mass is 514 g/mol. The van der Waals surface area contributed by atoms with Gasteiger partial charge in [-0.2, -0.15) is 0 Å². The zero-order chi connectivity index (χ0) is 25.7. The van der Waals surface area contributed by atoms with Crippen LogP contribution in [0.5, 0.6) is 5.75 Å². The van der Waals surface area contributed by atoms with Gasteiger partial charge in [-0.25, -0.2) is 5.01 Å². The van der Waals surface area contributed by atoms with Gasteiger partial charge in [0.05, 0.1) is 16.1 Å². The Labute approximate surface area is 205 Å². The van der Waals surface area contributed by atoms with Gasteiger partial charge in [-0.3, -0.25) is 29.0 Å². The number of hydrogen-bond donors (Lipinski definition) is 3. The van der Waals surface area contributed by atoms with E-state index in [9.17, 15) is 33.9 Å². The van der Waals surface area contributed by atoms with E-state index in [0.29, 0.717) is 6.29 Å². The van der Waals surface area contributed by atoms with E-state index in [-0.39, 0.29) is 40.7 Å². The molecule has 1 aliphatic heterocycles. The van der Waals surface area contributed by atoms with Gasteiger partial charge in [0.2, 0.25) is 11.8 Å². The summed E-state index contributed by atoms with van der Waals surface area (Å²) in [6.07, 6.45) is 0.0407. The van der Waals surface area contributed by atoms with Gasteiger partial charge in [-0.05, 0) is 32.4 Å². The number of nitrogens with zero attached hydrogens (tertiary/aromatic N) is 2. The number of aldehydes is 1. The maximum atomic E-state index is 13.3. The number of rotatable bonds is 8. The number of ketones is 1. The first-order chi connectivity index (χ1) is 15.9. The molecular formula is C21H24Cl2N4O7. The third-order valence-electron chi connectivity index (χ3n) is 5.18. The van der Waals surface area contributed by atoms with Crippen LogP contribution < -0.4 is 10.6 Å². The average Bonchev–Trinajstić information content (AvgIpc) is 2.87. The van der Waals surface area contributed by atoms with E-state index in [1.54, 1.807) is 0 Å². The van der Waals surface area contributed by atoms with Crippen LogP contribution in [0.3, 0.4) is 0 Å². The molecule has 0 saturated carbocycles. The summed E-state index contributed by atoms with van der Waals surface area (Å²) in [5.41, 5.74) is -0.0278. The quantitative estimate of drug-likeness (QED) is 0.434. The molecular weight excluding hydrogens is 491 g/mol. The standard InChI is InChI=1S/C21H24Cl2N4O7/c1-10(29)6-13(9-28)24-19(32)11(2)27-21(34)16(4-5-17(30)26(27)3)25-20(33)12-7-14(22)18(31)15(23)8-12/h7-9,11,13,16,31H,4-6H2,1-3H3,(H,24,32)(H,25,33). The lowest BCUT2D eigenvalue weighted by Crippen LogP contribution is -2.60. The van der Waals surface area contributed by atoms with E-state index in [1.165, 1.54) is 33.0 Å². The van der Waals surface area contributed by atoms with Crippen molar-refractivity contribution in [3.8, 4) is 5.75 Å². The summed E-state index contributed by atoms with van der Waals surface area (Å²) in [6, 6.07) is -1.18. The highest BCUT2D eigenvalue weighted by molar-refractivity contribution is 6.37. The summed E-state index contributed by atoms with van der Waals surface area (Å²) in [4.78, 5) is 73.6. The Bertz CT molecular complexity index is 1010. The molecule has 0 bridgehead atoms. The van der Waals surface area contributed by atoms with Crippen LogP contribution in [-0.4, -0.2) is 76.0 Å². The molecule has 11 nitrogen and oxygen atoms in total. The Morgan fingerprint density at radius 3 is 2.35 bits per heavy atom. The number of carbonyl (C=O) groups excluding carboxylic acids is 6. The molecule has 4 amide bonds. The fourth-order valence-electron chi connectivity index (χ4n) is 3.36. The third kappa shape index (κ3) is 6.23. The van der Waals surface area contributed by atoms with Crippen molar-refractivity contribution in [1.82, 2.24) is 20.7 Å². The largest absolute Gasteiger partial charge is 0.505 e. The van der Waals surface area contributed by atoms with Gasteiger partial charge in [-0.15, -0.1) is 0 Å². The second-order valence-electron chi connectivity index (χ2n) is 7.79. The molecule has 3 N–H and O–H groups in total. The highest BCUT2D eigenvalue weighted by Gasteiger charge is 2.40. The number of nitrogens with one attached hydrogen (secondary N) is 2. The van der Waals surface area contributed by atoms with Crippen molar-refractivity contribution in [2.45, 2.75) is 51.2 Å². The number of Topliss-reactive ketones (excluding diaryl/α,β-unsaturated/α-hetero) is 1. The molecule has 1 heterocycles. The Hall–Kier alpha value is -3.18. The fraction of sp³-hybridized carbons (Fsp3) is 0.429. The molecule has 1 aliphatic rings. The topological polar surface area (TPSA) is 153 Å². The number of phenols is 1. The van der Waals surface area contributed by atoms with Crippen LogP contribution in [0.2, 0.25) is 10.0 Å². The van der Waals surface area contributed by atoms with Gasteiger partial charge in [0.25, 0.3) is 11.8 Å². The van der Waals surface area contributed by atoms with Gasteiger partial charge in [0.1, 0.15) is 24.2 Å². The van der Waals surface area contributed by atoms with Crippen molar-refractivity contribution in [2.24, 2.45) is 0 Å². The highest BCUT2D eigenvalue weighted by atomic mass is 35.5. The lowest BCUT2D eigenvalue weighted by atomic mass is 10.1. The molecule has 1 fully saturated rings. The maximum Gasteiger partial charge on any atom is 0.264 e. The summed E-state index contributed by atoms with van der Waals surface area (Å²) in [5.74, 6) is -3.44. The molecule has 0 aromatic heterocycles. The highest BCUT2D eigenvalue weighted by Crippen LogP contribution is 2.32. The fourth-order valence-corrected chi connectivity index (χ4v) is 3.85. The van der Waals surface area contributed by atoms with Gasteiger partial charge < -0.3 is 20.5 Å². The van der Waals surface area contributed by atoms with Crippen LogP contribution in [0.4, 0.5) is 0 Å². The van der Waals surface area contributed by atoms with Crippen LogP contribution >= 0.6 is 23.2 Å². The molecule has 2 rings (SSSR count). The van der Waals surface area contributed by atoms with Crippen molar-refractivity contribution >= 4 is 58.9 Å².